The quantitative estimate of drug-likeness (QED) is 0.793. The summed E-state index contributed by atoms with van der Waals surface area (Å²) in [5.41, 5.74) is 2.15. The van der Waals surface area contributed by atoms with Crippen molar-refractivity contribution in [1.29, 1.82) is 5.26 Å². The topological polar surface area (TPSA) is 59.8 Å². The van der Waals surface area contributed by atoms with Gasteiger partial charge < -0.3 is 10.1 Å². The van der Waals surface area contributed by atoms with Crippen molar-refractivity contribution in [3.63, 3.8) is 0 Å². The van der Waals surface area contributed by atoms with E-state index in [1.807, 2.05) is 13.8 Å². The van der Waals surface area contributed by atoms with E-state index in [1.165, 1.54) is 6.07 Å². The van der Waals surface area contributed by atoms with Crippen LogP contribution in [0.25, 0.3) is 10.9 Å². The monoisotopic (exact) mass is 234 g/mol. The molecule has 0 aliphatic rings. The first-order chi connectivity index (χ1) is 7.56. The van der Waals surface area contributed by atoms with E-state index in [9.17, 15) is 5.11 Å². The van der Waals surface area contributed by atoms with E-state index in [1.54, 1.807) is 6.07 Å². The lowest BCUT2D eigenvalue weighted by Crippen LogP contribution is -1.90. The van der Waals surface area contributed by atoms with Gasteiger partial charge in [0.2, 0.25) is 0 Å². The van der Waals surface area contributed by atoms with E-state index < -0.39 is 0 Å². The summed E-state index contributed by atoms with van der Waals surface area (Å²) < 4.78 is 0. The number of nitrogens with zero attached hydrogens (tertiary/aromatic N) is 1. The molecule has 1 heterocycles. The Bertz CT molecular complexity index is 593. The number of hydrogen-bond donors (Lipinski definition) is 2. The molecular formula is C12H11ClN2O. The molecular weight excluding hydrogens is 224 g/mol. The molecule has 3 nitrogen and oxygen atoms in total. The van der Waals surface area contributed by atoms with Crippen LogP contribution in [-0.2, 0) is 0 Å². The van der Waals surface area contributed by atoms with Crippen LogP contribution < -0.4 is 0 Å². The number of hydrogen-bond acceptors (Lipinski definition) is 2. The number of benzene rings is 1. The highest BCUT2D eigenvalue weighted by atomic mass is 35.5. The molecule has 0 saturated heterocycles. The summed E-state index contributed by atoms with van der Waals surface area (Å²) in [7, 11) is 0. The maximum Gasteiger partial charge on any atom is 0.134 e. The van der Waals surface area contributed by atoms with Gasteiger partial charge in [0.1, 0.15) is 11.8 Å². The van der Waals surface area contributed by atoms with Gasteiger partial charge in [-0.15, -0.1) is 0 Å². The van der Waals surface area contributed by atoms with Crippen LogP contribution in [0, 0.1) is 11.3 Å². The van der Waals surface area contributed by atoms with Crippen molar-refractivity contribution in [2.45, 2.75) is 19.8 Å². The minimum absolute atomic E-state index is 0.0000252. The van der Waals surface area contributed by atoms with E-state index in [0.717, 1.165) is 11.2 Å². The number of halogens is 1. The average molecular weight is 235 g/mol. The van der Waals surface area contributed by atoms with Gasteiger partial charge in [-0.2, -0.15) is 5.26 Å². The van der Waals surface area contributed by atoms with Crippen LogP contribution in [0.2, 0.25) is 5.02 Å². The fourth-order valence-electron chi connectivity index (χ4n) is 1.81. The Morgan fingerprint density at radius 3 is 2.69 bits per heavy atom. The lowest BCUT2D eigenvalue weighted by Gasteiger charge is -2.01. The number of nitrogens with one attached hydrogen (secondary N) is 1. The number of aromatic hydroxyl groups is 1. The van der Waals surface area contributed by atoms with E-state index in [4.69, 9.17) is 16.9 Å². The highest BCUT2D eigenvalue weighted by Gasteiger charge is 2.17. The lowest BCUT2D eigenvalue weighted by atomic mass is 10.0. The highest BCUT2D eigenvalue weighted by molar-refractivity contribution is 6.37. The third-order valence-corrected chi connectivity index (χ3v) is 2.98. The van der Waals surface area contributed by atoms with Crippen LogP contribution in [0.4, 0.5) is 0 Å². The van der Waals surface area contributed by atoms with Crippen LogP contribution in [0.3, 0.4) is 0 Å². The summed E-state index contributed by atoms with van der Waals surface area (Å²) in [5.74, 6) is 0.209. The zero-order chi connectivity index (χ0) is 11.9. The summed E-state index contributed by atoms with van der Waals surface area (Å²) in [6.07, 6.45) is 0. The average Bonchev–Trinajstić information content (AvgIpc) is 2.62. The summed E-state index contributed by atoms with van der Waals surface area (Å²) in [5, 5.41) is 19.5. The molecule has 4 heteroatoms. The molecule has 0 fully saturated rings. The van der Waals surface area contributed by atoms with Crippen LogP contribution in [0.5, 0.6) is 5.75 Å². The van der Waals surface area contributed by atoms with E-state index >= 15 is 0 Å². The fraction of sp³-hybridized carbons (Fsp3) is 0.250. The van der Waals surface area contributed by atoms with Crippen LogP contribution >= 0.6 is 11.6 Å². The molecule has 16 heavy (non-hydrogen) atoms. The molecule has 0 spiro atoms. The molecule has 0 amide bonds. The van der Waals surface area contributed by atoms with Gasteiger partial charge in [0.05, 0.1) is 10.6 Å². The Morgan fingerprint density at radius 1 is 1.44 bits per heavy atom. The maximum absolute atomic E-state index is 9.53. The minimum Gasteiger partial charge on any atom is -0.506 e. The Hall–Kier alpha value is -1.66. The van der Waals surface area contributed by atoms with Gasteiger partial charge in [-0.3, -0.25) is 0 Å². The van der Waals surface area contributed by atoms with Gasteiger partial charge in [0.25, 0.3) is 0 Å². The van der Waals surface area contributed by atoms with Crippen molar-refractivity contribution >= 4 is 22.5 Å². The van der Waals surface area contributed by atoms with Crippen molar-refractivity contribution in [1.82, 2.24) is 4.98 Å². The van der Waals surface area contributed by atoms with Crippen LogP contribution in [-0.4, -0.2) is 10.1 Å². The second kappa shape index (κ2) is 3.73. The molecule has 2 N–H and O–H groups in total. The smallest absolute Gasteiger partial charge is 0.134 e. The zero-order valence-corrected chi connectivity index (χ0v) is 9.76. The number of H-pyrrole nitrogens is 1. The first-order valence-electron chi connectivity index (χ1n) is 4.99. The number of rotatable bonds is 1. The van der Waals surface area contributed by atoms with Crippen LogP contribution in [0.1, 0.15) is 31.0 Å². The minimum atomic E-state index is -0.0000252. The van der Waals surface area contributed by atoms with Gasteiger partial charge in [-0.05, 0) is 18.1 Å². The first kappa shape index (κ1) is 10.8. The number of aromatic nitrogens is 1. The Labute approximate surface area is 98.3 Å². The first-order valence-corrected chi connectivity index (χ1v) is 5.37. The number of phenolic OH excluding ortho intramolecular Hbond substituents is 1. The second-order valence-electron chi connectivity index (χ2n) is 4.00. The predicted octanol–water partition coefficient (Wildman–Crippen LogP) is 3.52. The standard InChI is InChI=1S/C12H11ClN2O/c1-6(2)12-7(5-14)10-8(15-12)3-4-9(16)11(10)13/h3-4,6,15-16H,1-2H3. The molecule has 82 valence electrons. The SMILES string of the molecule is CC(C)c1[nH]c2ccc(O)c(Cl)c2c1C#N. The summed E-state index contributed by atoms with van der Waals surface area (Å²) in [4.78, 5) is 3.16. The van der Waals surface area contributed by atoms with Crippen molar-refractivity contribution in [2.75, 3.05) is 0 Å². The van der Waals surface area contributed by atoms with E-state index in [-0.39, 0.29) is 16.7 Å². The Kier molecular flexibility index (Phi) is 2.53. The fourth-order valence-corrected chi connectivity index (χ4v) is 2.06. The Balaban J connectivity index is 2.91. The molecule has 0 bridgehead atoms. The van der Waals surface area contributed by atoms with Crippen molar-refractivity contribution in [3.05, 3.63) is 28.4 Å². The van der Waals surface area contributed by atoms with E-state index in [0.29, 0.717) is 10.9 Å². The van der Waals surface area contributed by atoms with Crippen LogP contribution in [0.15, 0.2) is 12.1 Å². The number of aromatic amines is 1. The maximum atomic E-state index is 9.53. The summed E-state index contributed by atoms with van der Waals surface area (Å²) in [6.45, 7) is 4.00. The molecule has 2 aromatic rings. The Morgan fingerprint density at radius 2 is 2.12 bits per heavy atom. The largest absolute Gasteiger partial charge is 0.506 e. The predicted molar refractivity (Wildman–Crippen MR) is 63.8 cm³/mol. The van der Waals surface area contributed by atoms with Crippen molar-refractivity contribution in [3.8, 4) is 11.8 Å². The molecule has 2 rings (SSSR count). The molecule has 0 aliphatic heterocycles. The molecule has 0 saturated carbocycles. The molecule has 0 radical (unpaired) electrons. The molecule has 1 aromatic heterocycles. The van der Waals surface area contributed by atoms with E-state index in [2.05, 4.69) is 11.1 Å². The van der Waals surface area contributed by atoms with Gasteiger partial charge in [-0.25, -0.2) is 0 Å². The second-order valence-corrected chi connectivity index (χ2v) is 4.38. The molecule has 1 aromatic carbocycles. The molecule has 0 aliphatic carbocycles. The van der Waals surface area contributed by atoms with Gasteiger partial charge in [0, 0.05) is 16.6 Å². The summed E-state index contributed by atoms with van der Waals surface area (Å²) in [6, 6.07) is 5.39. The summed E-state index contributed by atoms with van der Waals surface area (Å²) >= 11 is 6.01. The lowest BCUT2D eigenvalue weighted by molar-refractivity contribution is 0.476. The highest BCUT2D eigenvalue weighted by Crippen LogP contribution is 2.36. The third kappa shape index (κ3) is 1.43. The van der Waals surface area contributed by atoms with Crippen molar-refractivity contribution < 1.29 is 5.11 Å². The molecule has 0 unspecified atom stereocenters. The zero-order valence-electron chi connectivity index (χ0n) is 9.00. The number of nitriles is 1. The normalized spacial score (nSPS) is 10.9. The van der Waals surface area contributed by atoms with Gasteiger partial charge >= 0.3 is 0 Å². The van der Waals surface area contributed by atoms with Gasteiger partial charge in [0.15, 0.2) is 0 Å². The number of phenols is 1. The molecule has 0 atom stereocenters. The van der Waals surface area contributed by atoms with Gasteiger partial charge in [-0.1, -0.05) is 25.4 Å². The number of fused-ring (bicyclic) bond motifs is 1. The third-order valence-electron chi connectivity index (χ3n) is 2.60. The van der Waals surface area contributed by atoms with Crippen molar-refractivity contribution in [2.24, 2.45) is 0 Å².